The summed E-state index contributed by atoms with van der Waals surface area (Å²) < 4.78 is 4.00. The zero-order chi connectivity index (χ0) is 25.7. The summed E-state index contributed by atoms with van der Waals surface area (Å²) in [5.74, 6) is -1.06. The van der Waals surface area contributed by atoms with Crippen molar-refractivity contribution in [1.29, 1.82) is 0 Å². The number of rotatable bonds is 8. The molecule has 1 saturated heterocycles. The molecule has 1 aliphatic heterocycles. The number of carbonyl (C=O) groups excluding carboxylic acids is 3. The number of aromatic nitrogens is 2. The van der Waals surface area contributed by atoms with Gasteiger partial charge in [0, 0.05) is 34.2 Å². The normalized spacial score (nSPS) is 16.9. The van der Waals surface area contributed by atoms with E-state index in [4.69, 9.17) is 11.6 Å². The van der Waals surface area contributed by atoms with Crippen LogP contribution in [0.15, 0.2) is 54.6 Å². The van der Waals surface area contributed by atoms with E-state index >= 15 is 0 Å². The summed E-state index contributed by atoms with van der Waals surface area (Å²) >= 11 is 7.49. The Kier molecular flexibility index (Phi) is 8.29. The van der Waals surface area contributed by atoms with E-state index in [1.54, 1.807) is 38.2 Å². The summed E-state index contributed by atoms with van der Waals surface area (Å²) in [6, 6.07) is 14.1. The van der Waals surface area contributed by atoms with Crippen LogP contribution in [0.4, 0.5) is 5.00 Å². The van der Waals surface area contributed by atoms with Gasteiger partial charge in [-0.25, -0.2) is 0 Å². The molecule has 0 unspecified atom stereocenters. The van der Waals surface area contributed by atoms with Gasteiger partial charge in [-0.05, 0) is 32.9 Å². The van der Waals surface area contributed by atoms with Crippen molar-refractivity contribution < 1.29 is 14.4 Å². The summed E-state index contributed by atoms with van der Waals surface area (Å²) in [5.41, 5.74) is 1.89. The number of hydrogen-bond acceptors (Lipinski definition) is 7. The van der Waals surface area contributed by atoms with E-state index in [0.717, 1.165) is 17.1 Å². The van der Waals surface area contributed by atoms with Gasteiger partial charge in [-0.2, -0.15) is 0 Å². The third-order valence-corrected chi connectivity index (χ3v) is 7.17. The fourth-order valence-electron chi connectivity index (χ4n) is 4.10. The van der Waals surface area contributed by atoms with Crippen molar-refractivity contribution in [1.82, 2.24) is 25.1 Å². The smallest absolute Gasteiger partial charge is 0.250 e. The predicted octanol–water partition coefficient (Wildman–Crippen LogP) is 3.25. The topological polar surface area (TPSA) is 116 Å². The van der Waals surface area contributed by atoms with Gasteiger partial charge in [-0.15, -0.1) is 5.10 Å². The maximum absolute atomic E-state index is 13.8. The number of hydrogen-bond donors (Lipinski definition) is 3. The van der Waals surface area contributed by atoms with E-state index < -0.39 is 18.1 Å². The number of amides is 3. The lowest BCUT2D eigenvalue weighted by Crippen LogP contribution is -2.51. The van der Waals surface area contributed by atoms with Crippen LogP contribution in [0.25, 0.3) is 11.3 Å². The molecule has 9 nitrogen and oxygen atoms in total. The van der Waals surface area contributed by atoms with Crippen LogP contribution < -0.4 is 16.0 Å². The molecule has 2 aromatic carbocycles. The number of likely N-dealkylation sites (N-methyl/N-ethyl adjacent to an activating group) is 1. The lowest BCUT2D eigenvalue weighted by Gasteiger charge is -2.29. The van der Waals surface area contributed by atoms with E-state index in [9.17, 15) is 14.4 Å². The molecule has 1 aromatic heterocycles. The average molecular weight is 527 g/mol. The van der Waals surface area contributed by atoms with Crippen LogP contribution in [0.1, 0.15) is 31.4 Å². The molecule has 3 amide bonds. The van der Waals surface area contributed by atoms with Gasteiger partial charge in [0.05, 0.1) is 6.04 Å². The molecular weight excluding hydrogens is 500 g/mol. The SMILES string of the molecule is CN[C@@H](C)C(=O)N[C@H](C(=O)N1CCC[C@H]1C(=O)Nc1snnc1-c1ccccc1)c1ccccc1Cl. The van der Waals surface area contributed by atoms with E-state index in [2.05, 4.69) is 25.5 Å². The minimum atomic E-state index is -1.03. The molecule has 2 heterocycles. The molecule has 11 heteroatoms. The highest BCUT2D eigenvalue weighted by molar-refractivity contribution is 7.10. The molecular formula is C25H27ClN6O3S. The van der Waals surface area contributed by atoms with Gasteiger partial charge in [0.1, 0.15) is 22.8 Å². The Labute approximate surface area is 218 Å². The second-order valence-electron chi connectivity index (χ2n) is 8.47. The van der Waals surface area contributed by atoms with Crippen molar-refractivity contribution in [3.05, 3.63) is 65.2 Å². The summed E-state index contributed by atoms with van der Waals surface area (Å²) in [4.78, 5) is 41.3. The monoisotopic (exact) mass is 526 g/mol. The zero-order valence-electron chi connectivity index (χ0n) is 19.9. The standard InChI is InChI=1S/C25H27ClN6O3S/c1-15(27-2)22(33)28-21(17-11-6-7-12-18(17)26)25(35)32-14-8-13-19(32)23(34)29-24-20(30-31-36-24)16-9-4-3-5-10-16/h3-7,9-12,15,19,21,27H,8,13-14H2,1-2H3,(H,28,33)(H,29,34)/t15-,19-,21-/m0/s1. The Hall–Kier alpha value is -3.34. The first-order valence-corrected chi connectivity index (χ1v) is 12.8. The van der Waals surface area contributed by atoms with Crippen LogP contribution in [-0.4, -0.2) is 57.9 Å². The number of benzene rings is 2. The quantitative estimate of drug-likeness (QED) is 0.415. The van der Waals surface area contributed by atoms with E-state index in [1.807, 2.05) is 30.3 Å². The highest BCUT2D eigenvalue weighted by Gasteiger charge is 2.39. The maximum atomic E-state index is 13.8. The Morgan fingerprint density at radius 3 is 2.56 bits per heavy atom. The molecule has 188 valence electrons. The van der Waals surface area contributed by atoms with Crippen LogP contribution >= 0.6 is 23.1 Å². The minimum absolute atomic E-state index is 0.322. The summed E-state index contributed by atoms with van der Waals surface area (Å²) in [5, 5.41) is 13.6. The van der Waals surface area contributed by atoms with Crippen LogP contribution in [0.5, 0.6) is 0 Å². The molecule has 4 rings (SSSR count). The molecule has 36 heavy (non-hydrogen) atoms. The lowest BCUT2D eigenvalue weighted by molar-refractivity contribution is -0.140. The van der Waals surface area contributed by atoms with Crippen LogP contribution in [0.2, 0.25) is 5.02 Å². The van der Waals surface area contributed by atoms with E-state index in [0.29, 0.717) is 40.7 Å². The fourth-order valence-corrected chi connectivity index (χ4v) is 4.94. The number of anilines is 1. The van der Waals surface area contributed by atoms with E-state index in [-0.39, 0.29) is 17.7 Å². The Morgan fingerprint density at radius 2 is 1.83 bits per heavy atom. The highest BCUT2D eigenvalue weighted by Crippen LogP contribution is 2.31. The van der Waals surface area contributed by atoms with Crippen molar-refractivity contribution >= 4 is 45.9 Å². The van der Waals surface area contributed by atoms with Crippen LogP contribution in [0, 0.1) is 0 Å². The summed E-state index contributed by atoms with van der Waals surface area (Å²) in [6.07, 6.45) is 1.16. The molecule has 0 aliphatic carbocycles. The number of likely N-dealkylation sites (tertiary alicyclic amines) is 1. The Morgan fingerprint density at radius 1 is 1.11 bits per heavy atom. The molecule has 1 aliphatic rings. The van der Waals surface area contributed by atoms with Crippen molar-refractivity contribution in [3.63, 3.8) is 0 Å². The average Bonchev–Trinajstić information content (AvgIpc) is 3.57. The first kappa shape index (κ1) is 25.7. The number of nitrogens with zero attached hydrogens (tertiary/aromatic N) is 3. The molecule has 0 spiro atoms. The van der Waals surface area contributed by atoms with Gasteiger partial charge in [0.15, 0.2) is 0 Å². The van der Waals surface area contributed by atoms with Gasteiger partial charge in [0.25, 0.3) is 5.91 Å². The largest absolute Gasteiger partial charge is 0.339 e. The first-order valence-electron chi connectivity index (χ1n) is 11.6. The van der Waals surface area contributed by atoms with Crippen molar-refractivity contribution in [2.75, 3.05) is 18.9 Å². The summed E-state index contributed by atoms with van der Waals surface area (Å²) in [7, 11) is 1.66. The minimum Gasteiger partial charge on any atom is -0.339 e. The number of halogens is 1. The number of nitrogens with one attached hydrogen (secondary N) is 3. The third-order valence-electron chi connectivity index (χ3n) is 6.19. The predicted molar refractivity (Wildman–Crippen MR) is 140 cm³/mol. The highest BCUT2D eigenvalue weighted by atomic mass is 35.5. The molecule has 0 saturated carbocycles. The Balaban J connectivity index is 1.56. The first-order chi connectivity index (χ1) is 17.4. The third kappa shape index (κ3) is 5.56. The maximum Gasteiger partial charge on any atom is 0.250 e. The van der Waals surface area contributed by atoms with Gasteiger partial charge in [-0.1, -0.05) is 64.6 Å². The lowest BCUT2D eigenvalue weighted by atomic mass is 10.0. The molecule has 1 fully saturated rings. The van der Waals surface area contributed by atoms with Gasteiger partial charge < -0.3 is 20.9 Å². The molecule has 0 radical (unpaired) electrons. The molecule has 3 aromatic rings. The molecule has 3 atom stereocenters. The van der Waals surface area contributed by atoms with Gasteiger partial charge >= 0.3 is 0 Å². The van der Waals surface area contributed by atoms with Gasteiger partial charge in [-0.3, -0.25) is 14.4 Å². The van der Waals surface area contributed by atoms with Crippen molar-refractivity contribution in [2.45, 2.75) is 37.9 Å². The van der Waals surface area contributed by atoms with E-state index in [1.165, 1.54) is 4.90 Å². The van der Waals surface area contributed by atoms with Gasteiger partial charge in [0.2, 0.25) is 11.8 Å². The second kappa shape index (κ2) is 11.6. The number of carbonyl (C=O) groups is 3. The zero-order valence-corrected chi connectivity index (χ0v) is 21.5. The van der Waals surface area contributed by atoms with Crippen molar-refractivity contribution in [3.8, 4) is 11.3 Å². The summed E-state index contributed by atoms with van der Waals surface area (Å²) in [6.45, 7) is 2.09. The van der Waals surface area contributed by atoms with Crippen molar-refractivity contribution in [2.24, 2.45) is 0 Å². The van der Waals surface area contributed by atoms with Crippen LogP contribution in [0.3, 0.4) is 0 Å². The Bertz CT molecular complexity index is 1240. The second-order valence-corrected chi connectivity index (χ2v) is 9.63. The fraction of sp³-hybridized carbons (Fsp3) is 0.320. The molecule has 3 N–H and O–H groups in total. The molecule has 0 bridgehead atoms. The van der Waals surface area contributed by atoms with Crippen LogP contribution in [-0.2, 0) is 14.4 Å².